The summed E-state index contributed by atoms with van der Waals surface area (Å²) in [7, 11) is 3.99. The van der Waals surface area contributed by atoms with E-state index in [1.54, 1.807) is 0 Å². The van der Waals surface area contributed by atoms with Crippen molar-refractivity contribution in [3.63, 3.8) is 0 Å². The highest BCUT2D eigenvalue weighted by molar-refractivity contribution is 6.39. The van der Waals surface area contributed by atoms with Gasteiger partial charge in [0.15, 0.2) is 0 Å². The highest BCUT2D eigenvalue weighted by Crippen LogP contribution is 2.17. The van der Waals surface area contributed by atoms with Crippen LogP contribution in [-0.4, -0.2) is 45.5 Å². The third-order valence-electron chi connectivity index (χ3n) is 5.31. The first-order valence-corrected chi connectivity index (χ1v) is 9.90. The van der Waals surface area contributed by atoms with E-state index in [1.807, 2.05) is 19.0 Å². The van der Waals surface area contributed by atoms with Crippen molar-refractivity contribution in [2.24, 2.45) is 0 Å². The summed E-state index contributed by atoms with van der Waals surface area (Å²) in [4.78, 5) is 27.9. The minimum atomic E-state index is -0.797. The third-order valence-corrected chi connectivity index (χ3v) is 5.31. The Balaban J connectivity index is 1.64. The topological polar surface area (TPSA) is 65.9 Å². The fourth-order valence-corrected chi connectivity index (χ4v) is 3.71. The van der Waals surface area contributed by atoms with Crippen LogP contribution in [0.25, 0.3) is 0 Å². The molecule has 0 aliphatic carbocycles. The molecule has 29 heavy (non-hydrogen) atoms. The fourth-order valence-electron chi connectivity index (χ4n) is 3.71. The van der Waals surface area contributed by atoms with Gasteiger partial charge in [0.25, 0.3) is 0 Å². The summed E-state index contributed by atoms with van der Waals surface area (Å²) in [6.07, 6.45) is 2.32. The maximum Gasteiger partial charge on any atom is 0.313 e. The van der Waals surface area contributed by atoms with E-state index in [1.165, 1.54) is 29.2 Å². The Morgan fingerprint density at radius 1 is 1.07 bits per heavy atom. The van der Waals surface area contributed by atoms with Gasteiger partial charge in [0.1, 0.15) is 11.9 Å². The first-order valence-electron chi connectivity index (χ1n) is 9.90. The number of carbonyl (C=O) groups excluding carboxylic acids is 2. The van der Waals surface area contributed by atoms with Gasteiger partial charge in [-0.3, -0.25) is 9.59 Å². The minimum absolute atomic E-state index is 0.0830. The van der Waals surface area contributed by atoms with Crippen molar-refractivity contribution in [2.75, 3.05) is 43.9 Å². The van der Waals surface area contributed by atoms with Crippen molar-refractivity contribution in [3.05, 3.63) is 59.9 Å². The highest BCUT2D eigenvalue weighted by atomic mass is 19.1. The molecule has 2 amide bonds. The van der Waals surface area contributed by atoms with E-state index in [4.69, 9.17) is 0 Å². The standard InChI is InChI=1S/C22H27FN4O2/c1-26(2)19-10-8-16(9-11-19)20(27-12-3-4-13-27)15-24-21(28)22(29)25-18-7-5-6-17(23)14-18/h5-11,14,20H,3-4,12-13,15H2,1-2H3,(H,24,28)(H,25,29)/p+1/t20-/m1/s1. The number of carbonyl (C=O) groups is 2. The van der Waals surface area contributed by atoms with Crippen molar-refractivity contribution < 1.29 is 18.9 Å². The van der Waals surface area contributed by atoms with Crippen LogP contribution in [0.1, 0.15) is 24.4 Å². The van der Waals surface area contributed by atoms with Crippen molar-refractivity contribution in [3.8, 4) is 0 Å². The molecule has 1 aliphatic heterocycles. The van der Waals surface area contributed by atoms with Crippen molar-refractivity contribution in [1.82, 2.24) is 5.32 Å². The Morgan fingerprint density at radius 2 is 1.76 bits per heavy atom. The lowest BCUT2D eigenvalue weighted by atomic mass is 10.0. The second-order valence-electron chi connectivity index (χ2n) is 7.58. The molecule has 1 saturated heterocycles. The monoisotopic (exact) mass is 399 g/mol. The summed E-state index contributed by atoms with van der Waals surface area (Å²) >= 11 is 0. The van der Waals surface area contributed by atoms with Crippen LogP contribution in [-0.2, 0) is 9.59 Å². The van der Waals surface area contributed by atoms with E-state index in [0.717, 1.165) is 37.2 Å². The molecule has 0 aromatic heterocycles. The van der Waals surface area contributed by atoms with Crippen LogP contribution in [0.4, 0.5) is 15.8 Å². The Labute approximate surface area is 170 Å². The molecule has 0 spiro atoms. The highest BCUT2D eigenvalue weighted by Gasteiger charge is 2.28. The molecule has 6 nitrogen and oxygen atoms in total. The molecule has 2 aromatic rings. The number of anilines is 2. The molecule has 0 bridgehead atoms. The maximum absolute atomic E-state index is 13.3. The zero-order valence-corrected chi connectivity index (χ0v) is 16.9. The normalized spacial score (nSPS) is 15.0. The van der Waals surface area contributed by atoms with Crippen molar-refractivity contribution >= 4 is 23.2 Å². The van der Waals surface area contributed by atoms with E-state index in [-0.39, 0.29) is 11.7 Å². The number of benzene rings is 2. The number of quaternary nitrogens is 1. The molecular weight excluding hydrogens is 371 g/mol. The molecule has 0 radical (unpaired) electrons. The zero-order chi connectivity index (χ0) is 20.8. The Kier molecular flexibility index (Phi) is 6.82. The number of amides is 2. The Bertz CT molecular complexity index is 848. The average molecular weight is 399 g/mol. The largest absolute Gasteiger partial charge is 0.378 e. The number of nitrogens with one attached hydrogen (secondary N) is 3. The number of hydrogen-bond donors (Lipinski definition) is 3. The summed E-state index contributed by atoms with van der Waals surface area (Å²) in [5, 5.41) is 5.19. The van der Waals surface area contributed by atoms with E-state index < -0.39 is 17.6 Å². The summed E-state index contributed by atoms with van der Waals surface area (Å²) in [5.41, 5.74) is 2.51. The van der Waals surface area contributed by atoms with Crippen LogP contribution < -0.4 is 20.4 Å². The summed E-state index contributed by atoms with van der Waals surface area (Å²) in [6, 6.07) is 13.9. The predicted molar refractivity (Wildman–Crippen MR) is 111 cm³/mol. The van der Waals surface area contributed by atoms with Gasteiger partial charge in [0, 0.05) is 43.9 Å². The second-order valence-corrected chi connectivity index (χ2v) is 7.58. The van der Waals surface area contributed by atoms with Gasteiger partial charge in [-0.2, -0.15) is 0 Å². The quantitative estimate of drug-likeness (QED) is 0.643. The number of nitrogens with zero attached hydrogens (tertiary/aromatic N) is 1. The number of hydrogen-bond acceptors (Lipinski definition) is 3. The molecule has 7 heteroatoms. The SMILES string of the molecule is CN(C)c1ccc([C@@H](CNC(=O)C(=O)Nc2cccc(F)c2)[NH+]2CCCC2)cc1. The van der Waals surface area contributed by atoms with E-state index >= 15 is 0 Å². The number of halogens is 1. The molecule has 3 N–H and O–H groups in total. The Morgan fingerprint density at radius 3 is 2.38 bits per heavy atom. The van der Waals surface area contributed by atoms with Gasteiger partial charge < -0.3 is 20.4 Å². The van der Waals surface area contributed by atoms with E-state index in [0.29, 0.717) is 6.54 Å². The molecular formula is C22H28FN4O2+. The number of likely N-dealkylation sites (tertiary alicyclic amines) is 1. The molecule has 154 valence electrons. The van der Waals surface area contributed by atoms with Gasteiger partial charge in [-0.05, 0) is 30.3 Å². The molecule has 1 heterocycles. The molecule has 1 atom stereocenters. The van der Waals surface area contributed by atoms with Gasteiger partial charge in [-0.25, -0.2) is 4.39 Å². The van der Waals surface area contributed by atoms with Gasteiger partial charge in [0.05, 0.1) is 19.6 Å². The average Bonchev–Trinajstić information content (AvgIpc) is 3.23. The molecule has 2 aromatic carbocycles. The van der Waals surface area contributed by atoms with Crippen LogP contribution >= 0.6 is 0 Å². The van der Waals surface area contributed by atoms with E-state index in [9.17, 15) is 14.0 Å². The summed E-state index contributed by atoms with van der Waals surface area (Å²) in [5.74, 6) is -1.99. The smallest absolute Gasteiger partial charge is 0.313 e. The predicted octanol–water partition coefficient (Wildman–Crippen LogP) is 1.37. The fraction of sp³-hybridized carbons (Fsp3) is 0.364. The number of rotatable bonds is 6. The van der Waals surface area contributed by atoms with Crippen LogP contribution in [0.2, 0.25) is 0 Å². The minimum Gasteiger partial charge on any atom is -0.378 e. The van der Waals surface area contributed by atoms with Gasteiger partial charge >= 0.3 is 11.8 Å². The Hall–Kier alpha value is -2.93. The van der Waals surface area contributed by atoms with Crippen LogP contribution in [0.3, 0.4) is 0 Å². The molecule has 3 rings (SSSR count). The second kappa shape index (κ2) is 9.52. The summed E-state index contributed by atoms with van der Waals surface area (Å²) < 4.78 is 13.3. The molecule has 0 saturated carbocycles. The molecule has 1 aliphatic rings. The first kappa shape index (κ1) is 20.8. The lowest BCUT2D eigenvalue weighted by molar-refractivity contribution is -0.918. The molecule has 0 unspecified atom stereocenters. The lowest BCUT2D eigenvalue weighted by Crippen LogP contribution is -3.11. The van der Waals surface area contributed by atoms with Crippen LogP contribution in [0, 0.1) is 5.82 Å². The van der Waals surface area contributed by atoms with Crippen LogP contribution in [0.5, 0.6) is 0 Å². The molecule has 1 fully saturated rings. The van der Waals surface area contributed by atoms with Crippen LogP contribution in [0.15, 0.2) is 48.5 Å². The van der Waals surface area contributed by atoms with Gasteiger partial charge in [-0.1, -0.05) is 18.2 Å². The maximum atomic E-state index is 13.3. The van der Waals surface area contributed by atoms with E-state index in [2.05, 4.69) is 34.9 Å². The third kappa shape index (κ3) is 5.54. The van der Waals surface area contributed by atoms with Gasteiger partial charge in [-0.15, -0.1) is 0 Å². The van der Waals surface area contributed by atoms with Crippen molar-refractivity contribution in [1.29, 1.82) is 0 Å². The summed E-state index contributed by atoms with van der Waals surface area (Å²) in [6.45, 7) is 2.46. The lowest BCUT2D eigenvalue weighted by Gasteiger charge is -2.25. The van der Waals surface area contributed by atoms with Crippen molar-refractivity contribution in [2.45, 2.75) is 18.9 Å². The zero-order valence-electron chi connectivity index (χ0n) is 16.9. The van der Waals surface area contributed by atoms with Gasteiger partial charge in [0.2, 0.25) is 0 Å². The first-order chi connectivity index (χ1) is 13.9.